The molecule has 2 aromatic heterocycles. The van der Waals surface area contributed by atoms with Crippen molar-refractivity contribution in [3.05, 3.63) is 181 Å². The van der Waals surface area contributed by atoms with Gasteiger partial charge in [0.05, 0.1) is 11.4 Å². The van der Waals surface area contributed by atoms with Crippen LogP contribution in [0, 0.1) is 0 Å². The minimum atomic E-state index is -0.112. The highest BCUT2D eigenvalue weighted by molar-refractivity contribution is 6.19. The molecule has 0 aliphatic heterocycles. The number of aromatic nitrogens is 2. The van der Waals surface area contributed by atoms with Crippen molar-refractivity contribution in [2.24, 2.45) is 0 Å². The van der Waals surface area contributed by atoms with E-state index in [4.69, 9.17) is 14.4 Å². The number of nitrogens with zero attached hydrogens (tertiary/aromatic N) is 2. The first kappa shape index (κ1) is 30.8. The molecule has 0 amide bonds. The van der Waals surface area contributed by atoms with Crippen molar-refractivity contribution in [2.45, 2.75) is 19.3 Å². The number of furan rings is 1. The first-order valence-corrected chi connectivity index (χ1v) is 18.6. The molecule has 0 bridgehead atoms. The molecule has 0 saturated carbocycles. The zero-order valence-corrected chi connectivity index (χ0v) is 30.0. The highest BCUT2D eigenvalue weighted by Gasteiger charge is 2.37. The Morgan fingerprint density at radius 1 is 0.444 bits per heavy atom. The molecule has 2 heterocycles. The second kappa shape index (κ2) is 11.6. The maximum Gasteiger partial charge on any atom is 0.160 e. The van der Waals surface area contributed by atoms with Crippen molar-refractivity contribution in [3.63, 3.8) is 0 Å². The van der Waals surface area contributed by atoms with Crippen LogP contribution in [0.25, 0.3) is 99.6 Å². The summed E-state index contributed by atoms with van der Waals surface area (Å²) < 4.78 is 6.58. The average molecular weight is 691 g/mol. The van der Waals surface area contributed by atoms with Crippen molar-refractivity contribution in [3.8, 4) is 56.2 Å². The largest absolute Gasteiger partial charge is 0.455 e. The monoisotopic (exact) mass is 690 g/mol. The normalized spacial score (nSPS) is 13.1. The molecule has 0 atom stereocenters. The van der Waals surface area contributed by atoms with E-state index in [9.17, 15) is 0 Å². The Bertz CT molecular complexity index is 3130. The molecule has 0 N–H and O–H groups in total. The number of rotatable bonds is 4. The molecule has 8 aromatic carbocycles. The molecular formula is C51H34N2O. The molecule has 11 rings (SSSR count). The number of hydrogen-bond acceptors (Lipinski definition) is 3. The maximum absolute atomic E-state index is 6.58. The van der Waals surface area contributed by atoms with E-state index in [0.29, 0.717) is 5.82 Å². The van der Waals surface area contributed by atoms with Crippen LogP contribution in [0.3, 0.4) is 0 Å². The van der Waals surface area contributed by atoms with E-state index in [2.05, 4.69) is 166 Å². The van der Waals surface area contributed by atoms with Gasteiger partial charge in [-0.3, -0.25) is 0 Å². The number of hydrogen-bond donors (Lipinski definition) is 0. The van der Waals surface area contributed by atoms with Gasteiger partial charge in [0, 0.05) is 38.3 Å². The molecule has 1 aliphatic carbocycles. The van der Waals surface area contributed by atoms with E-state index in [1.54, 1.807) is 0 Å². The van der Waals surface area contributed by atoms with Crippen LogP contribution in [0.4, 0.5) is 0 Å². The summed E-state index contributed by atoms with van der Waals surface area (Å²) in [6.45, 7) is 4.71. The van der Waals surface area contributed by atoms with Crippen LogP contribution in [0.1, 0.15) is 25.0 Å². The van der Waals surface area contributed by atoms with Gasteiger partial charge in [-0.05, 0) is 85.9 Å². The Labute approximate surface area is 313 Å². The molecule has 10 aromatic rings. The lowest BCUT2D eigenvalue weighted by atomic mass is 9.81. The predicted octanol–water partition coefficient (Wildman–Crippen LogP) is 13.7. The average Bonchev–Trinajstić information content (AvgIpc) is 3.72. The van der Waals surface area contributed by atoms with Crippen LogP contribution in [0.5, 0.6) is 0 Å². The summed E-state index contributed by atoms with van der Waals surface area (Å²) in [5, 5.41) is 6.95. The lowest BCUT2D eigenvalue weighted by Crippen LogP contribution is -2.14. The second-order valence-electron chi connectivity index (χ2n) is 15.0. The van der Waals surface area contributed by atoms with E-state index in [1.807, 2.05) is 18.2 Å². The topological polar surface area (TPSA) is 38.9 Å². The summed E-state index contributed by atoms with van der Waals surface area (Å²) in [5.74, 6) is 0.687. The van der Waals surface area contributed by atoms with Crippen LogP contribution >= 0.6 is 0 Å². The van der Waals surface area contributed by atoms with Crippen molar-refractivity contribution < 1.29 is 4.42 Å². The molecule has 0 radical (unpaired) electrons. The van der Waals surface area contributed by atoms with Gasteiger partial charge < -0.3 is 4.42 Å². The molecular weight excluding hydrogens is 657 g/mol. The molecule has 3 nitrogen and oxygen atoms in total. The van der Waals surface area contributed by atoms with Gasteiger partial charge in [0.1, 0.15) is 11.2 Å². The SMILES string of the molecule is CC1(C)c2cc3ccccc3cc2-c2c(-c3cccc(-c4cc(-c5cccc6oc7c8ccccc8ccc7c56)nc(-c5ccccc5)n4)c3)cccc21. The van der Waals surface area contributed by atoms with E-state index in [0.717, 1.165) is 66.4 Å². The van der Waals surface area contributed by atoms with Gasteiger partial charge in [0.25, 0.3) is 0 Å². The fourth-order valence-corrected chi connectivity index (χ4v) is 8.78. The third-order valence-corrected chi connectivity index (χ3v) is 11.5. The summed E-state index contributed by atoms with van der Waals surface area (Å²) in [6.07, 6.45) is 0. The molecule has 0 unspecified atom stereocenters. The Morgan fingerprint density at radius 2 is 1.13 bits per heavy atom. The molecule has 254 valence electrons. The summed E-state index contributed by atoms with van der Waals surface area (Å²) in [6, 6.07) is 60.5. The van der Waals surface area contributed by atoms with Gasteiger partial charge in [0.2, 0.25) is 0 Å². The van der Waals surface area contributed by atoms with Gasteiger partial charge in [0.15, 0.2) is 5.82 Å². The predicted molar refractivity (Wildman–Crippen MR) is 224 cm³/mol. The van der Waals surface area contributed by atoms with Crippen molar-refractivity contribution in [1.82, 2.24) is 9.97 Å². The van der Waals surface area contributed by atoms with Gasteiger partial charge in [-0.2, -0.15) is 0 Å². The Balaban J connectivity index is 1.11. The summed E-state index contributed by atoms with van der Waals surface area (Å²) >= 11 is 0. The minimum Gasteiger partial charge on any atom is -0.455 e. The first-order valence-electron chi connectivity index (χ1n) is 18.6. The Kier molecular flexibility index (Phi) is 6.60. The summed E-state index contributed by atoms with van der Waals surface area (Å²) in [4.78, 5) is 10.5. The van der Waals surface area contributed by atoms with Crippen molar-refractivity contribution in [1.29, 1.82) is 0 Å². The minimum absolute atomic E-state index is 0.112. The van der Waals surface area contributed by atoms with Crippen LogP contribution in [0.2, 0.25) is 0 Å². The molecule has 0 saturated heterocycles. The highest BCUT2D eigenvalue weighted by atomic mass is 16.3. The summed E-state index contributed by atoms with van der Waals surface area (Å²) in [7, 11) is 0. The molecule has 3 heteroatoms. The van der Waals surface area contributed by atoms with E-state index in [-0.39, 0.29) is 5.41 Å². The molecule has 1 aliphatic rings. The standard InChI is InChI=1S/C51H34N2O/c1-51(2)42-23-11-21-37(47(42)41-28-33-16-6-7-17-34(33)29-43(41)51)35-18-10-19-36(27-35)44-30-45(53-50(52-44)32-14-4-3-5-15-32)39-22-12-24-46-48(39)40-26-25-31-13-8-9-20-38(31)49(40)54-46/h3-30H,1-2H3. The maximum atomic E-state index is 6.58. The van der Waals surface area contributed by atoms with Crippen molar-refractivity contribution >= 4 is 43.5 Å². The van der Waals surface area contributed by atoms with E-state index >= 15 is 0 Å². The molecule has 0 spiro atoms. The first-order chi connectivity index (χ1) is 26.5. The molecule has 0 fully saturated rings. The lowest BCUT2D eigenvalue weighted by Gasteiger charge is -2.22. The fourth-order valence-electron chi connectivity index (χ4n) is 8.78. The van der Waals surface area contributed by atoms with Gasteiger partial charge in [-0.1, -0.05) is 147 Å². The number of benzene rings is 8. The Hall–Kier alpha value is -6.84. The second-order valence-corrected chi connectivity index (χ2v) is 15.0. The van der Waals surface area contributed by atoms with Crippen molar-refractivity contribution in [2.75, 3.05) is 0 Å². The van der Waals surface area contributed by atoms with Gasteiger partial charge >= 0.3 is 0 Å². The van der Waals surface area contributed by atoms with Gasteiger partial charge in [-0.15, -0.1) is 0 Å². The van der Waals surface area contributed by atoms with Crippen LogP contribution < -0.4 is 0 Å². The third-order valence-electron chi connectivity index (χ3n) is 11.5. The Morgan fingerprint density at radius 3 is 2.00 bits per heavy atom. The third kappa shape index (κ3) is 4.61. The number of fused-ring (bicyclic) bond motifs is 9. The van der Waals surface area contributed by atoms with Crippen LogP contribution in [-0.2, 0) is 5.41 Å². The quantitative estimate of drug-likeness (QED) is 0.184. The zero-order valence-electron chi connectivity index (χ0n) is 30.0. The highest BCUT2D eigenvalue weighted by Crippen LogP contribution is 2.53. The smallest absolute Gasteiger partial charge is 0.160 e. The molecule has 54 heavy (non-hydrogen) atoms. The fraction of sp³-hybridized carbons (Fsp3) is 0.0588. The summed E-state index contributed by atoms with van der Waals surface area (Å²) in [5.41, 5.74) is 14.2. The van der Waals surface area contributed by atoms with E-state index in [1.165, 1.54) is 38.6 Å². The lowest BCUT2D eigenvalue weighted by molar-refractivity contribution is 0.661. The van der Waals surface area contributed by atoms with Crippen LogP contribution in [-0.4, -0.2) is 9.97 Å². The van der Waals surface area contributed by atoms with Gasteiger partial charge in [-0.25, -0.2) is 9.97 Å². The zero-order chi connectivity index (χ0) is 36.0. The van der Waals surface area contributed by atoms with E-state index < -0.39 is 0 Å². The van der Waals surface area contributed by atoms with Crippen LogP contribution in [0.15, 0.2) is 174 Å².